The SMILES string of the molecule is CCSC1CCCC1Nc1cccc(C#N)c1N. The lowest BCUT2D eigenvalue weighted by atomic mass is 10.1. The maximum atomic E-state index is 8.98. The third kappa shape index (κ3) is 2.73. The van der Waals surface area contributed by atoms with E-state index in [1.165, 1.54) is 19.3 Å². The number of nitrogens with two attached hydrogens (primary N) is 1. The third-order valence-electron chi connectivity index (χ3n) is 3.40. The number of thioether (sulfide) groups is 1. The Bertz CT molecular complexity index is 453. The summed E-state index contributed by atoms with van der Waals surface area (Å²) in [5, 5.41) is 13.2. The molecule has 1 aliphatic carbocycles. The van der Waals surface area contributed by atoms with Crippen LogP contribution in [-0.2, 0) is 0 Å². The van der Waals surface area contributed by atoms with Gasteiger partial charge in [-0.1, -0.05) is 19.4 Å². The summed E-state index contributed by atoms with van der Waals surface area (Å²) >= 11 is 2.01. The number of rotatable bonds is 4. The van der Waals surface area contributed by atoms with Crippen LogP contribution in [0.4, 0.5) is 11.4 Å². The maximum absolute atomic E-state index is 8.98. The second-order valence-corrected chi connectivity index (χ2v) is 6.07. The minimum atomic E-state index is 0.478. The molecule has 1 saturated carbocycles. The van der Waals surface area contributed by atoms with Gasteiger partial charge in [-0.15, -0.1) is 0 Å². The second-order valence-electron chi connectivity index (χ2n) is 4.55. The average molecular weight is 261 g/mol. The minimum Gasteiger partial charge on any atom is -0.396 e. The molecule has 2 unspecified atom stereocenters. The Morgan fingerprint density at radius 2 is 2.33 bits per heavy atom. The molecule has 2 atom stereocenters. The summed E-state index contributed by atoms with van der Waals surface area (Å²) in [7, 11) is 0. The molecule has 0 aromatic heterocycles. The van der Waals surface area contributed by atoms with Gasteiger partial charge in [-0.3, -0.25) is 0 Å². The van der Waals surface area contributed by atoms with E-state index in [0.29, 0.717) is 22.5 Å². The van der Waals surface area contributed by atoms with Crippen LogP contribution in [0.3, 0.4) is 0 Å². The van der Waals surface area contributed by atoms with E-state index < -0.39 is 0 Å². The van der Waals surface area contributed by atoms with Crippen LogP contribution in [0.2, 0.25) is 0 Å². The highest BCUT2D eigenvalue weighted by molar-refractivity contribution is 7.99. The standard InChI is InChI=1S/C14H19N3S/c1-2-18-13-8-4-6-11(13)17-12-7-3-5-10(9-15)14(12)16/h3,5,7,11,13,17H,2,4,6,8,16H2,1H3. The molecule has 3 nitrogen and oxygen atoms in total. The summed E-state index contributed by atoms with van der Waals surface area (Å²) in [4.78, 5) is 0. The smallest absolute Gasteiger partial charge is 0.101 e. The van der Waals surface area contributed by atoms with Gasteiger partial charge in [0.1, 0.15) is 6.07 Å². The molecule has 3 N–H and O–H groups in total. The van der Waals surface area contributed by atoms with Gasteiger partial charge in [0, 0.05) is 11.3 Å². The number of anilines is 2. The van der Waals surface area contributed by atoms with Crippen LogP contribution in [-0.4, -0.2) is 17.0 Å². The van der Waals surface area contributed by atoms with Crippen LogP contribution in [0.25, 0.3) is 0 Å². The zero-order valence-corrected chi connectivity index (χ0v) is 11.5. The molecule has 96 valence electrons. The largest absolute Gasteiger partial charge is 0.396 e. The molecule has 1 aromatic carbocycles. The molecule has 0 bridgehead atoms. The molecule has 0 aliphatic heterocycles. The second kappa shape index (κ2) is 6.01. The van der Waals surface area contributed by atoms with Crippen molar-refractivity contribution < 1.29 is 0 Å². The fourth-order valence-corrected chi connectivity index (χ4v) is 3.69. The van der Waals surface area contributed by atoms with Crippen molar-refractivity contribution >= 4 is 23.1 Å². The summed E-state index contributed by atoms with van der Waals surface area (Å²) in [5.74, 6) is 1.15. The molecule has 2 rings (SSSR count). The first-order chi connectivity index (χ1) is 8.76. The number of hydrogen-bond donors (Lipinski definition) is 2. The molecular weight excluding hydrogens is 242 g/mol. The highest BCUT2D eigenvalue weighted by atomic mass is 32.2. The zero-order chi connectivity index (χ0) is 13.0. The normalized spacial score (nSPS) is 22.7. The van der Waals surface area contributed by atoms with E-state index in [1.807, 2.05) is 23.9 Å². The molecule has 4 heteroatoms. The molecule has 1 aliphatic rings. The fraction of sp³-hybridized carbons (Fsp3) is 0.500. The Kier molecular flexibility index (Phi) is 4.38. The van der Waals surface area contributed by atoms with Gasteiger partial charge in [-0.05, 0) is 30.7 Å². The molecule has 0 radical (unpaired) electrons. The highest BCUT2D eigenvalue weighted by Crippen LogP contribution is 2.33. The van der Waals surface area contributed by atoms with Crippen LogP contribution in [0, 0.1) is 11.3 Å². The highest BCUT2D eigenvalue weighted by Gasteiger charge is 2.27. The van der Waals surface area contributed by atoms with E-state index in [4.69, 9.17) is 11.0 Å². The maximum Gasteiger partial charge on any atom is 0.101 e. The van der Waals surface area contributed by atoms with Crippen LogP contribution in [0.5, 0.6) is 0 Å². The van der Waals surface area contributed by atoms with Crippen LogP contribution in [0.15, 0.2) is 18.2 Å². The van der Waals surface area contributed by atoms with Crippen LogP contribution < -0.4 is 11.1 Å². The van der Waals surface area contributed by atoms with Crippen molar-refractivity contribution in [2.45, 2.75) is 37.5 Å². The van der Waals surface area contributed by atoms with Gasteiger partial charge in [0.15, 0.2) is 0 Å². The van der Waals surface area contributed by atoms with Crippen molar-refractivity contribution in [1.29, 1.82) is 5.26 Å². The monoisotopic (exact) mass is 261 g/mol. The van der Waals surface area contributed by atoms with Crippen molar-refractivity contribution in [1.82, 2.24) is 0 Å². The van der Waals surface area contributed by atoms with Crippen molar-refractivity contribution in [3.05, 3.63) is 23.8 Å². The van der Waals surface area contributed by atoms with E-state index in [1.54, 1.807) is 6.07 Å². The van der Waals surface area contributed by atoms with E-state index in [-0.39, 0.29) is 0 Å². The van der Waals surface area contributed by atoms with Crippen molar-refractivity contribution in [3.8, 4) is 6.07 Å². The average Bonchev–Trinajstić information content (AvgIpc) is 2.80. The number of nitrogen functional groups attached to an aromatic ring is 1. The minimum absolute atomic E-state index is 0.478. The summed E-state index contributed by atoms with van der Waals surface area (Å²) in [6.07, 6.45) is 3.73. The Labute approximate surface area is 113 Å². The lowest BCUT2D eigenvalue weighted by Crippen LogP contribution is -2.26. The van der Waals surface area contributed by atoms with Crippen molar-refractivity contribution in [2.24, 2.45) is 0 Å². The van der Waals surface area contributed by atoms with Crippen molar-refractivity contribution in [2.75, 3.05) is 16.8 Å². The number of nitrogens with one attached hydrogen (secondary N) is 1. The Morgan fingerprint density at radius 1 is 1.50 bits per heavy atom. The molecule has 0 spiro atoms. The predicted octanol–water partition coefficient (Wildman–Crippen LogP) is 3.23. The van der Waals surface area contributed by atoms with E-state index in [0.717, 1.165) is 11.4 Å². The predicted molar refractivity (Wildman–Crippen MR) is 78.8 cm³/mol. The van der Waals surface area contributed by atoms with E-state index >= 15 is 0 Å². The Morgan fingerprint density at radius 3 is 3.06 bits per heavy atom. The molecule has 18 heavy (non-hydrogen) atoms. The first-order valence-electron chi connectivity index (χ1n) is 6.43. The van der Waals surface area contributed by atoms with Gasteiger partial charge in [0.05, 0.1) is 16.9 Å². The number of para-hydroxylation sites is 1. The van der Waals surface area contributed by atoms with Gasteiger partial charge in [0.2, 0.25) is 0 Å². The van der Waals surface area contributed by atoms with E-state index in [2.05, 4.69) is 18.3 Å². The van der Waals surface area contributed by atoms with Gasteiger partial charge < -0.3 is 11.1 Å². The number of benzene rings is 1. The molecular formula is C14H19N3S. The van der Waals surface area contributed by atoms with Gasteiger partial charge in [-0.2, -0.15) is 17.0 Å². The first kappa shape index (κ1) is 13.1. The fourth-order valence-electron chi connectivity index (χ4n) is 2.49. The number of nitriles is 1. The quantitative estimate of drug-likeness (QED) is 0.817. The lowest BCUT2D eigenvalue weighted by molar-refractivity contribution is 0.768. The summed E-state index contributed by atoms with van der Waals surface area (Å²) in [6.45, 7) is 2.20. The van der Waals surface area contributed by atoms with Crippen LogP contribution >= 0.6 is 11.8 Å². The summed E-state index contributed by atoms with van der Waals surface area (Å²) in [6, 6.07) is 8.21. The zero-order valence-electron chi connectivity index (χ0n) is 10.6. The van der Waals surface area contributed by atoms with Gasteiger partial charge in [0.25, 0.3) is 0 Å². The number of nitrogens with zero attached hydrogens (tertiary/aromatic N) is 1. The Hall–Kier alpha value is -1.34. The van der Waals surface area contributed by atoms with Crippen molar-refractivity contribution in [3.63, 3.8) is 0 Å². The van der Waals surface area contributed by atoms with Crippen LogP contribution in [0.1, 0.15) is 31.7 Å². The van der Waals surface area contributed by atoms with Gasteiger partial charge >= 0.3 is 0 Å². The number of hydrogen-bond acceptors (Lipinski definition) is 4. The Balaban J connectivity index is 2.12. The summed E-state index contributed by atoms with van der Waals surface area (Å²) in [5.41, 5.74) is 8.03. The topological polar surface area (TPSA) is 61.8 Å². The first-order valence-corrected chi connectivity index (χ1v) is 7.48. The third-order valence-corrected chi connectivity index (χ3v) is 4.73. The molecule has 0 heterocycles. The molecule has 0 saturated heterocycles. The summed E-state index contributed by atoms with van der Waals surface area (Å²) < 4.78 is 0. The molecule has 0 amide bonds. The molecule has 1 aromatic rings. The van der Waals surface area contributed by atoms with E-state index in [9.17, 15) is 0 Å². The lowest BCUT2D eigenvalue weighted by Gasteiger charge is -2.22. The van der Waals surface area contributed by atoms with Gasteiger partial charge in [-0.25, -0.2) is 0 Å². The molecule has 1 fully saturated rings.